The van der Waals surface area contributed by atoms with Crippen LogP contribution in [0, 0.1) is 13.8 Å². The molecule has 3 amide bonds. The molecular weight excluding hydrogens is 544 g/mol. The summed E-state index contributed by atoms with van der Waals surface area (Å²) in [6.45, 7) is 9.43. The van der Waals surface area contributed by atoms with Crippen molar-refractivity contribution in [3.63, 3.8) is 0 Å². The lowest BCUT2D eigenvalue weighted by Gasteiger charge is -2.39. The number of carbonyl (C=O) groups excluding carboxylic acids is 3. The van der Waals surface area contributed by atoms with E-state index < -0.39 is 0 Å². The monoisotopic (exact) mass is 584 g/mol. The first-order valence-electron chi connectivity index (χ1n) is 15.4. The third-order valence-electron chi connectivity index (χ3n) is 8.63. The number of rotatable bonds is 10. The molecule has 0 unspecified atom stereocenters. The van der Waals surface area contributed by atoms with E-state index in [-0.39, 0.29) is 23.4 Å². The highest BCUT2D eigenvalue weighted by atomic mass is 16.3. The van der Waals surface area contributed by atoms with Crippen LogP contribution in [0.1, 0.15) is 75.9 Å². The van der Waals surface area contributed by atoms with E-state index in [1.807, 2.05) is 17.0 Å². The normalized spacial score (nSPS) is 17.0. The van der Waals surface area contributed by atoms with Crippen molar-refractivity contribution in [3.8, 4) is 0 Å². The molecule has 3 aromatic rings. The van der Waals surface area contributed by atoms with Crippen molar-refractivity contribution in [1.29, 1.82) is 0 Å². The number of piperazine rings is 1. The van der Waals surface area contributed by atoms with Crippen LogP contribution >= 0.6 is 0 Å². The average molecular weight is 585 g/mol. The lowest BCUT2D eigenvalue weighted by molar-refractivity contribution is -0.127. The first kappa shape index (κ1) is 28.8. The summed E-state index contributed by atoms with van der Waals surface area (Å²) in [5.41, 5.74) is 5.95. The number of likely N-dealkylation sites (tertiary alicyclic amines) is 1. The number of hydrogen-bond acceptors (Lipinski definition) is 7. The predicted molar refractivity (Wildman–Crippen MR) is 166 cm³/mol. The first-order chi connectivity index (χ1) is 20.9. The van der Waals surface area contributed by atoms with Gasteiger partial charge in [0.2, 0.25) is 5.91 Å². The summed E-state index contributed by atoms with van der Waals surface area (Å²) in [6, 6.07) is 11.9. The van der Waals surface area contributed by atoms with Crippen molar-refractivity contribution in [2.24, 2.45) is 0 Å². The summed E-state index contributed by atoms with van der Waals surface area (Å²) in [4.78, 5) is 49.2. The van der Waals surface area contributed by atoms with Crippen LogP contribution < -0.4 is 20.4 Å². The van der Waals surface area contributed by atoms with Gasteiger partial charge in [0, 0.05) is 69.4 Å². The summed E-state index contributed by atoms with van der Waals surface area (Å²) in [5.74, 6) is 0.525. The quantitative estimate of drug-likeness (QED) is 0.338. The molecule has 10 heteroatoms. The van der Waals surface area contributed by atoms with E-state index in [2.05, 4.69) is 57.5 Å². The number of nitrogens with one attached hydrogen (secondary N) is 2. The molecule has 0 spiro atoms. The van der Waals surface area contributed by atoms with E-state index in [1.165, 1.54) is 23.1 Å². The van der Waals surface area contributed by atoms with E-state index in [4.69, 9.17) is 4.42 Å². The third kappa shape index (κ3) is 6.53. The zero-order chi connectivity index (χ0) is 29.9. The molecule has 6 rings (SSSR count). The number of aromatic nitrogens is 1. The summed E-state index contributed by atoms with van der Waals surface area (Å²) in [6.07, 6.45) is 5.69. The van der Waals surface area contributed by atoms with Gasteiger partial charge in [-0.2, -0.15) is 0 Å². The Morgan fingerprint density at radius 2 is 1.72 bits per heavy atom. The zero-order valence-corrected chi connectivity index (χ0v) is 25.0. The van der Waals surface area contributed by atoms with E-state index in [0.717, 1.165) is 57.7 Å². The Labute approximate surface area is 252 Å². The van der Waals surface area contributed by atoms with Crippen molar-refractivity contribution in [1.82, 2.24) is 15.2 Å². The largest absolute Gasteiger partial charge is 0.448 e. The number of benzene rings is 2. The minimum Gasteiger partial charge on any atom is -0.448 e. The number of para-hydroxylation sites is 1. The molecule has 3 heterocycles. The molecule has 2 saturated heterocycles. The molecule has 1 saturated carbocycles. The minimum absolute atomic E-state index is 0.188. The molecule has 1 aromatic heterocycles. The van der Waals surface area contributed by atoms with Crippen LogP contribution in [-0.2, 0) is 4.79 Å². The van der Waals surface area contributed by atoms with Gasteiger partial charge in [0.25, 0.3) is 11.8 Å². The molecule has 3 aliphatic rings. The van der Waals surface area contributed by atoms with Gasteiger partial charge in [-0.25, -0.2) is 4.98 Å². The van der Waals surface area contributed by atoms with E-state index >= 15 is 0 Å². The Hall–Kier alpha value is -4.34. The van der Waals surface area contributed by atoms with E-state index in [0.29, 0.717) is 49.0 Å². The van der Waals surface area contributed by atoms with Crippen LogP contribution in [0.2, 0.25) is 0 Å². The van der Waals surface area contributed by atoms with Gasteiger partial charge < -0.3 is 29.8 Å². The molecule has 2 N–H and O–H groups in total. The molecule has 10 nitrogen and oxygen atoms in total. The molecule has 2 aromatic carbocycles. The van der Waals surface area contributed by atoms with Gasteiger partial charge in [-0.3, -0.25) is 14.4 Å². The first-order valence-corrected chi connectivity index (χ1v) is 15.4. The van der Waals surface area contributed by atoms with Crippen LogP contribution in [0.3, 0.4) is 0 Å². The maximum atomic E-state index is 13.3. The van der Waals surface area contributed by atoms with Crippen molar-refractivity contribution >= 4 is 34.8 Å². The maximum Gasteiger partial charge on any atom is 0.277 e. The second kappa shape index (κ2) is 12.5. The van der Waals surface area contributed by atoms with E-state index in [9.17, 15) is 14.4 Å². The highest BCUT2D eigenvalue weighted by Crippen LogP contribution is 2.39. The fourth-order valence-electron chi connectivity index (χ4n) is 6.14. The Morgan fingerprint density at radius 1 is 0.977 bits per heavy atom. The summed E-state index contributed by atoms with van der Waals surface area (Å²) in [5, 5.41) is 5.99. The molecular formula is C33H40N6O4. The molecule has 3 fully saturated rings. The zero-order valence-electron chi connectivity index (χ0n) is 25.0. The van der Waals surface area contributed by atoms with Gasteiger partial charge in [-0.15, -0.1) is 0 Å². The molecule has 0 bridgehead atoms. The molecule has 43 heavy (non-hydrogen) atoms. The van der Waals surface area contributed by atoms with Crippen LogP contribution in [0.4, 0.5) is 17.1 Å². The second-order valence-electron chi connectivity index (χ2n) is 11.8. The highest BCUT2D eigenvalue weighted by molar-refractivity contribution is 6.06. The second-order valence-corrected chi connectivity index (χ2v) is 11.8. The smallest absolute Gasteiger partial charge is 0.277 e. The van der Waals surface area contributed by atoms with Crippen LogP contribution in [-0.4, -0.2) is 73.4 Å². The number of aryl methyl sites for hydroxylation is 2. The summed E-state index contributed by atoms with van der Waals surface area (Å²) >= 11 is 0. The third-order valence-corrected chi connectivity index (χ3v) is 8.63. The standard InChI is InChI=1S/C33H40N6O4/c1-22-6-3-7-23(2)30(22)39-18-16-37(17-19-39)28-12-11-25(31(41)34-13-5-15-38-14-4-8-29(38)40)20-26(28)35-32(42)27-21-43-33(36-27)24-9-10-24/h3,6-7,11-12,20-21,24H,4-5,8-10,13-19H2,1-2H3,(H,34,41)(H,35,42). The van der Waals surface area contributed by atoms with Gasteiger partial charge >= 0.3 is 0 Å². The highest BCUT2D eigenvalue weighted by Gasteiger charge is 2.30. The SMILES string of the molecule is Cc1cccc(C)c1N1CCN(c2ccc(C(=O)NCCCN3CCCC3=O)cc2NC(=O)c2coc(C3CC3)n2)CC1. The number of amides is 3. The fourth-order valence-corrected chi connectivity index (χ4v) is 6.14. The topological polar surface area (TPSA) is 111 Å². The molecule has 2 aliphatic heterocycles. The van der Waals surface area contributed by atoms with Crippen LogP contribution in [0.25, 0.3) is 0 Å². The maximum absolute atomic E-state index is 13.3. The average Bonchev–Trinajstić information content (AvgIpc) is 3.58. The minimum atomic E-state index is -0.362. The molecule has 0 atom stereocenters. The predicted octanol–water partition coefficient (Wildman–Crippen LogP) is 4.49. The van der Waals surface area contributed by atoms with Crippen LogP contribution in [0.5, 0.6) is 0 Å². The van der Waals surface area contributed by atoms with E-state index in [1.54, 1.807) is 6.07 Å². The van der Waals surface area contributed by atoms with Gasteiger partial charge in [0.05, 0.1) is 11.4 Å². The van der Waals surface area contributed by atoms with Gasteiger partial charge in [0.15, 0.2) is 11.6 Å². The van der Waals surface area contributed by atoms with Crippen molar-refractivity contribution < 1.29 is 18.8 Å². The van der Waals surface area contributed by atoms with Gasteiger partial charge in [-0.05, 0) is 68.9 Å². The number of anilines is 3. The number of oxazole rings is 1. The summed E-state index contributed by atoms with van der Waals surface area (Å²) in [7, 11) is 0. The summed E-state index contributed by atoms with van der Waals surface area (Å²) < 4.78 is 5.55. The number of carbonyl (C=O) groups is 3. The molecule has 0 radical (unpaired) electrons. The Kier molecular flexibility index (Phi) is 8.35. The van der Waals surface area contributed by atoms with Crippen molar-refractivity contribution in [2.45, 2.75) is 51.9 Å². The molecule has 1 aliphatic carbocycles. The molecule has 226 valence electrons. The van der Waals surface area contributed by atoms with Gasteiger partial charge in [0.1, 0.15) is 6.26 Å². The lowest BCUT2D eigenvalue weighted by atomic mass is 10.1. The number of nitrogens with zero attached hydrogens (tertiary/aromatic N) is 4. The van der Waals surface area contributed by atoms with Crippen molar-refractivity contribution in [2.75, 3.05) is 60.9 Å². The van der Waals surface area contributed by atoms with Crippen LogP contribution in [0.15, 0.2) is 47.1 Å². The number of hydrogen-bond donors (Lipinski definition) is 2. The lowest BCUT2D eigenvalue weighted by Crippen LogP contribution is -2.47. The van der Waals surface area contributed by atoms with Crippen molar-refractivity contribution in [3.05, 3.63) is 70.9 Å². The Balaban J connectivity index is 1.16. The Bertz CT molecular complexity index is 1480. The fraction of sp³-hybridized carbons (Fsp3) is 0.455. The Morgan fingerprint density at radius 3 is 2.42 bits per heavy atom. The van der Waals surface area contributed by atoms with Gasteiger partial charge in [-0.1, -0.05) is 18.2 Å².